The average molecular weight is 278 g/mol. The molecule has 20 heavy (non-hydrogen) atoms. The van der Waals surface area contributed by atoms with E-state index in [9.17, 15) is 4.39 Å². The Morgan fingerprint density at radius 3 is 2.55 bits per heavy atom. The lowest BCUT2D eigenvalue weighted by Gasteiger charge is -2.15. The van der Waals surface area contributed by atoms with Gasteiger partial charge in [-0.3, -0.25) is 5.43 Å². The number of nitrogens with two attached hydrogens (primary N) is 1. The fraction of sp³-hybridized carbons (Fsp3) is 0.250. The van der Waals surface area contributed by atoms with E-state index >= 15 is 0 Å². The van der Waals surface area contributed by atoms with Crippen LogP contribution in [0, 0.1) is 5.82 Å². The van der Waals surface area contributed by atoms with Gasteiger partial charge in [0.15, 0.2) is 0 Å². The molecule has 1 heterocycles. The number of methoxy groups -OCH3 is 1. The minimum atomic E-state index is -0.325. The zero-order chi connectivity index (χ0) is 14.5. The summed E-state index contributed by atoms with van der Waals surface area (Å²) in [6, 6.07) is 6.26. The number of hydrazine groups is 1. The third-order valence-corrected chi connectivity index (χ3v) is 2.64. The van der Waals surface area contributed by atoms with Crippen LogP contribution in [0.2, 0.25) is 0 Å². The van der Waals surface area contributed by atoms with Gasteiger partial charge in [-0.15, -0.1) is 0 Å². The van der Waals surface area contributed by atoms with Crippen LogP contribution >= 0.6 is 0 Å². The maximum atomic E-state index is 13.7. The molecule has 0 fully saturated rings. The summed E-state index contributed by atoms with van der Waals surface area (Å²) in [7, 11) is 1.43. The van der Waals surface area contributed by atoms with Crippen LogP contribution in [-0.2, 0) is 0 Å². The minimum absolute atomic E-state index is 0.108. The Hall–Kier alpha value is -2.48. The highest BCUT2D eigenvalue weighted by Crippen LogP contribution is 2.20. The average Bonchev–Trinajstić information content (AvgIpc) is 2.47. The van der Waals surface area contributed by atoms with Gasteiger partial charge in [0.25, 0.3) is 0 Å². The predicted molar refractivity (Wildman–Crippen MR) is 72.6 cm³/mol. The normalized spacial score (nSPS) is 11.8. The Kier molecular flexibility index (Phi) is 4.26. The number of nitrogens with zero attached hydrogens (tertiary/aromatic N) is 3. The number of ether oxygens (including phenoxy) is 1. The van der Waals surface area contributed by atoms with Crippen LogP contribution in [0.25, 0.3) is 0 Å². The molecule has 0 amide bonds. The quantitative estimate of drug-likeness (QED) is 0.563. The van der Waals surface area contributed by atoms with Crippen LogP contribution < -0.4 is 21.3 Å². The van der Waals surface area contributed by atoms with Gasteiger partial charge in [-0.05, 0) is 13.0 Å². The summed E-state index contributed by atoms with van der Waals surface area (Å²) < 4.78 is 18.6. The van der Waals surface area contributed by atoms with E-state index in [4.69, 9.17) is 10.6 Å². The zero-order valence-electron chi connectivity index (χ0n) is 11.1. The highest BCUT2D eigenvalue weighted by atomic mass is 19.1. The summed E-state index contributed by atoms with van der Waals surface area (Å²) in [5.41, 5.74) is 2.82. The number of rotatable bonds is 5. The highest BCUT2D eigenvalue weighted by Gasteiger charge is 2.13. The molecule has 0 bridgehead atoms. The van der Waals surface area contributed by atoms with Gasteiger partial charge in [-0.25, -0.2) is 10.2 Å². The van der Waals surface area contributed by atoms with Crippen LogP contribution in [-0.4, -0.2) is 22.1 Å². The molecule has 0 saturated heterocycles. The summed E-state index contributed by atoms with van der Waals surface area (Å²) >= 11 is 0. The Labute approximate surface area is 115 Å². The smallest absolute Gasteiger partial charge is 0.322 e. The van der Waals surface area contributed by atoms with Crippen molar-refractivity contribution in [2.75, 3.05) is 17.9 Å². The lowest BCUT2D eigenvalue weighted by molar-refractivity contribution is 0.379. The Morgan fingerprint density at radius 2 is 1.90 bits per heavy atom. The number of anilines is 2. The van der Waals surface area contributed by atoms with Crippen molar-refractivity contribution in [3.63, 3.8) is 0 Å². The van der Waals surface area contributed by atoms with E-state index in [1.165, 1.54) is 13.2 Å². The molecule has 4 N–H and O–H groups in total. The molecule has 1 aromatic heterocycles. The first-order valence-corrected chi connectivity index (χ1v) is 5.91. The van der Waals surface area contributed by atoms with Gasteiger partial charge in [-0.1, -0.05) is 18.2 Å². The van der Waals surface area contributed by atoms with E-state index in [1.54, 1.807) is 25.1 Å². The van der Waals surface area contributed by atoms with Crippen LogP contribution in [0.4, 0.5) is 16.3 Å². The molecular formula is C12H15FN6O. The molecule has 1 unspecified atom stereocenters. The third-order valence-electron chi connectivity index (χ3n) is 2.64. The molecule has 8 heteroatoms. The number of nitrogens with one attached hydrogen (secondary N) is 2. The molecule has 0 spiro atoms. The molecule has 0 aliphatic heterocycles. The van der Waals surface area contributed by atoms with Crippen molar-refractivity contribution in [3.8, 4) is 6.01 Å². The van der Waals surface area contributed by atoms with Gasteiger partial charge in [-0.2, -0.15) is 15.0 Å². The predicted octanol–water partition coefficient (Wildman–Crippen LogP) is 1.48. The van der Waals surface area contributed by atoms with Crippen LogP contribution in [0.15, 0.2) is 24.3 Å². The fourth-order valence-corrected chi connectivity index (χ4v) is 1.67. The Bertz CT molecular complexity index is 572. The van der Waals surface area contributed by atoms with E-state index in [-0.39, 0.29) is 29.8 Å². The van der Waals surface area contributed by atoms with Crippen molar-refractivity contribution < 1.29 is 9.13 Å². The van der Waals surface area contributed by atoms with Crippen LogP contribution in [0.1, 0.15) is 18.5 Å². The second kappa shape index (κ2) is 6.11. The lowest BCUT2D eigenvalue weighted by Crippen LogP contribution is -2.16. The number of aromatic nitrogens is 3. The lowest BCUT2D eigenvalue weighted by atomic mass is 10.1. The molecule has 0 saturated carbocycles. The maximum Gasteiger partial charge on any atom is 0.322 e. The Balaban J connectivity index is 2.23. The van der Waals surface area contributed by atoms with Crippen molar-refractivity contribution in [2.45, 2.75) is 13.0 Å². The van der Waals surface area contributed by atoms with E-state index in [0.29, 0.717) is 5.56 Å². The van der Waals surface area contributed by atoms with Gasteiger partial charge in [0.05, 0.1) is 13.2 Å². The van der Waals surface area contributed by atoms with Gasteiger partial charge < -0.3 is 10.1 Å². The van der Waals surface area contributed by atoms with E-state index in [0.717, 1.165) is 0 Å². The van der Waals surface area contributed by atoms with Crippen molar-refractivity contribution >= 4 is 11.9 Å². The third kappa shape index (κ3) is 3.09. The molecular weight excluding hydrogens is 263 g/mol. The molecule has 0 aliphatic carbocycles. The minimum Gasteiger partial charge on any atom is -0.467 e. The van der Waals surface area contributed by atoms with E-state index in [2.05, 4.69) is 25.7 Å². The number of nitrogen functional groups attached to an aromatic ring is 1. The summed E-state index contributed by atoms with van der Waals surface area (Å²) in [6.07, 6.45) is 0. The second-order valence-electron chi connectivity index (χ2n) is 4.00. The number of benzene rings is 1. The molecule has 1 atom stereocenters. The van der Waals surface area contributed by atoms with Gasteiger partial charge in [0.2, 0.25) is 11.9 Å². The molecule has 2 rings (SSSR count). The molecule has 0 radical (unpaired) electrons. The molecule has 106 valence electrons. The van der Waals surface area contributed by atoms with Crippen molar-refractivity contribution in [1.29, 1.82) is 0 Å². The van der Waals surface area contributed by atoms with Crippen LogP contribution in [0.3, 0.4) is 0 Å². The number of hydrogen-bond acceptors (Lipinski definition) is 7. The SMILES string of the molecule is COc1nc(NN)nc(NC(C)c2ccccc2F)n1. The van der Waals surface area contributed by atoms with Gasteiger partial charge >= 0.3 is 6.01 Å². The summed E-state index contributed by atoms with van der Waals surface area (Å²) in [5, 5.41) is 2.97. The largest absolute Gasteiger partial charge is 0.467 e. The van der Waals surface area contributed by atoms with E-state index < -0.39 is 0 Å². The number of halogens is 1. The van der Waals surface area contributed by atoms with Crippen molar-refractivity contribution in [1.82, 2.24) is 15.0 Å². The molecule has 2 aromatic rings. The van der Waals surface area contributed by atoms with Crippen molar-refractivity contribution in [3.05, 3.63) is 35.6 Å². The highest BCUT2D eigenvalue weighted by molar-refractivity contribution is 5.38. The Morgan fingerprint density at radius 1 is 1.20 bits per heavy atom. The first-order chi connectivity index (χ1) is 9.63. The van der Waals surface area contributed by atoms with Gasteiger partial charge in [0.1, 0.15) is 5.82 Å². The van der Waals surface area contributed by atoms with E-state index in [1.807, 2.05) is 0 Å². The summed E-state index contributed by atoms with van der Waals surface area (Å²) in [6.45, 7) is 1.80. The maximum absolute atomic E-state index is 13.7. The standard InChI is InChI=1S/C12H15FN6O/c1-7(8-5-3-4-6-9(8)13)15-10-16-11(19-14)18-12(17-10)20-2/h3-7H,14H2,1-2H3,(H2,15,16,17,18,19). The first kappa shape index (κ1) is 13.9. The van der Waals surface area contributed by atoms with Crippen molar-refractivity contribution in [2.24, 2.45) is 5.84 Å². The van der Waals surface area contributed by atoms with Gasteiger partial charge in [0, 0.05) is 5.56 Å². The monoisotopic (exact) mass is 278 g/mol. The molecule has 1 aromatic carbocycles. The second-order valence-corrected chi connectivity index (χ2v) is 4.00. The summed E-state index contributed by atoms with van der Waals surface area (Å²) in [5.74, 6) is 5.35. The first-order valence-electron chi connectivity index (χ1n) is 5.91. The fourth-order valence-electron chi connectivity index (χ4n) is 1.67. The molecule has 7 nitrogen and oxygen atoms in total. The zero-order valence-corrected chi connectivity index (χ0v) is 11.1. The summed E-state index contributed by atoms with van der Waals surface area (Å²) in [4.78, 5) is 11.9. The molecule has 0 aliphatic rings. The number of hydrogen-bond donors (Lipinski definition) is 3. The van der Waals surface area contributed by atoms with Crippen LogP contribution in [0.5, 0.6) is 6.01 Å². The topological polar surface area (TPSA) is 98.0 Å².